The van der Waals surface area contributed by atoms with E-state index in [9.17, 15) is 9.59 Å². The van der Waals surface area contributed by atoms with Crippen molar-refractivity contribution in [3.8, 4) is 0 Å². The van der Waals surface area contributed by atoms with Gasteiger partial charge in [-0.15, -0.1) is 0 Å². The first kappa shape index (κ1) is 11.2. The summed E-state index contributed by atoms with van der Waals surface area (Å²) in [5, 5.41) is 3.09. The molecule has 1 saturated heterocycles. The van der Waals surface area contributed by atoms with Crippen LogP contribution in [-0.4, -0.2) is 35.8 Å². The summed E-state index contributed by atoms with van der Waals surface area (Å²) in [6, 6.07) is 0. The fourth-order valence-electron chi connectivity index (χ4n) is 1.64. The maximum atomic E-state index is 11.8. The Labute approximate surface area is 84.7 Å². The quantitative estimate of drug-likeness (QED) is 0.698. The predicted octanol–water partition coefficient (Wildman–Crippen LogP) is 0.379. The molecule has 1 unspecified atom stereocenters. The Morgan fingerprint density at radius 3 is 2.57 bits per heavy atom. The molecular formula is C10H18N2O2. The summed E-state index contributed by atoms with van der Waals surface area (Å²) in [4.78, 5) is 24.6. The zero-order valence-corrected chi connectivity index (χ0v) is 9.04. The lowest BCUT2D eigenvalue weighted by molar-refractivity contribution is -0.142. The number of Topliss-reactive ketones (excluding diaryl/α,β-unsaturated/α-hetero) is 1. The molecule has 1 aliphatic heterocycles. The minimum absolute atomic E-state index is 0.0313. The number of rotatable bonds is 2. The van der Waals surface area contributed by atoms with Crippen molar-refractivity contribution in [1.29, 1.82) is 0 Å². The Balaban J connectivity index is 2.72. The standard InChI is InChI=1S/C10H18N2O2/c1-7(2)9(14)10-11-5-4-6-12(10)8(3)13/h7,10-11H,4-6H2,1-3H3. The summed E-state index contributed by atoms with van der Waals surface area (Å²) >= 11 is 0. The van der Waals surface area contributed by atoms with E-state index in [1.54, 1.807) is 4.90 Å². The first-order valence-electron chi connectivity index (χ1n) is 5.08. The molecule has 1 aliphatic rings. The number of nitrogens with one attached hydrogen (secondary N) is 1. The van der Waals surface area contributed by atoms with Crippen LogP contribution in [0.15, 0.2) is 0 Å². The Kier molecular flexibility index (Phi) is 3.63. The van der Waals surface area contributed by atoms with Gasteiger partial charge in [0.2, 0.25) is 5.91 Å². The molecule has 0 saturated carbocycles. The van der Waals surface area contributed by atoms with Gasteiger partial charge in [-0.05, 0) is 13.0 Å². The molecule has 0 aromatic rings. The van der Waals surface area contributed by atoms with E-state index in [1.807, 2.05) is 13.8 Å². The van der Waals surface area contributed by atoms with Crippen molar-refractivity contribution in [3.05, 3.63) is 0 Å². The van der Waals surface area contributed by atoms with Crippen LogP contribution in [0.2, 0.25) is 0 Å². The molecule has 1 amide bonds. The van der Waals surface area contributed by atoms with Crippen LogP contribution in [0.4, 0.5) is 0 Å². The van der Waals surface area contributed by atoms with Crippen LogP contribution in [-0.2, 0) is 9.59 Å². The fourth-order valence-corrected chi connectivity index (χ4v) is 1.64. The third kappa shape index (κ3) is 2.32. The van der Waals surface area contributed by atoms with Crippen molar-refractivity contribution in [3.63, 3.8) is 0 Å². The fraction of sp³-hybridized carbons (Fsp3) is 0.800. The van der Waals surface area contributed by atoms with Gasteiger partial charge in [-0.3, -0.25) is 14.9 Å². The highest BCUT2D eigenvalue weighted by Gasteiger charge is 2.30. The molecule has 1 rings (SSSR count). The van der Waals surface area contributed by atoms with Crippen molar-refractivity contribution < 1.29 is 9.59 Å². The van der Waals surface area contributed by atoms with Crippen molar-refractivity contribution >= 4 is 11.7 Å². The van der Waals surface area contributed by atoms with Gasteiger partial charge in [0.1, 0.15) is 6.17 Å². The van der Waals surface area contributed by atoms with E-state index in [2.05, 4.69) is 5.32 Å². The molecule has 80 valence electrons. The van der Waals surface area contributed by atoms with E-state index in [0.29, 0.717) is 6.54 Å². The van der Waals surface area contributed by atoms with E-state index < -0.39 is 6.17 Å². The molecular weight excluding hydrogens is 180 g/mol. The Morgan fingerprint density at radius 1 is 1.43 bits per heavy atom. The maximum absolute atomic E-state index is 11.8. The smallest absolute Gasteiger partial charge is 0.221 e. The molecule has 14 heavy (non-hydrogen) atoms. The second-order valence-corrected chi connectivity index (χ2v) is 3.98. The second-order valence-electron chi connectivity index (χ2n) is 3.98. The second kappa shape index (κ2) is 4.55. The maximum Gasteiger partial charge on any atom is 0.221 e. The summed E-state index contributed by atoms with van der Waals surface area (Å²) in [5.74, 6) is 0.0311. The van der Waals surface area contributed by atoms with Crippen LogP contribution >= 0.6 is 0 Å². The van der Waals surface area contributed by atoms with E-state index in [4.69, 9.17) is 0 Å². The van der Waals surface area contributed by atoms with Gasteiger partial charge in [0.25, 0.3) is 0 Å². The largest absolute Gasteiger partial charge is 0.320 e. The summed E-state index contributed by atoms with van der Waals surface area (Å²) in [5.41, 5.74) is 0. The van der Waals surface area contributed by atoms with Crippen LogP contribution in [0, 0.1) is 5.92 Å². The SMILES string of the molecule is CC(=O)N1CCCNC1C(=O)C(C)C. The average molecular weight is 198 g/mol. The molecule has 1 atom stereocenters. The van der Waals surface area contributed by atoms with Crippen LogP contribution < -0.4 is 5.32 Å². The highest BCUT2D eigenvalue weighted by Crippen LogP contribution is 2.10. The summed E-state index contributed by atoms with van der Waals surface area (Å²) in [7, 11) is 0. The zero-order chi connectivity index (χ0) is 10.7. The molecule has 0 aromatic carbocycles. The van der Waals surface area contributed by atoms with Crippen molar-refractivity contribution in [2.24, 2.45) is 5.92 Å². The number of carbonyl (C=O) groups is 2. The minimum atomic E-state index is -0.402. The van der Waals surface area contributed by atoms with Crippen LogP contribution in [0.3, 0.4) is 0 Å². The molecule has 0 aromatic heterocycles. The first-order chi connectivity index (χ1) is 6.54. The molecule has 0 aliphatic carbocycles. The third-order valence-corrected chi connectivity index (χ3v) is 2.47. The lowest BCUT2D eigenvalue weighted by atomic mass is 10.0. The normalized spacial score (nSPS) is 22.6. The van der Waals surface area contributed by atoms with Gasteiger partial charge in [0.05, 0.1) is 0 Å². The van der Waals surface area contributed by atoms with Crippen LogP contribution in [0.1, 0.15) is 27.2 Å². The lowest BCUT2D eigenvalue weighted by Crippen LogP contribution is -2.58. The van der Waals surface area contributed by atoms with Gasteiger partial charge >= 0.3 is 0 Å². The number of carbonyl (C=O) groups excluding carboxylic acids is 2. The van der Waals surface area contributed by atoms with Crippen molar-refractivity contribution in [2.45, 2.75) is 33.4 Å². The third-order valence-electron chi connectivity index (χ3n) is 2.47. The molecule has 1 fully saturated rings. The molecule has 1 heterocycles. The number of hydrogen-bond acceptors (Lipinski definition) is 3. The molecule has 1 N–H and O–H groups in total. The number of amides is 1. The van der Waals surface area contributed by atoms with Gasteiger partial charge in [0.15, 0.2) is 5.78 Å². The lowest BCUT2D eigenvalue weighted by Gasteiger charge is -2.35. The number of nitrogens with zero attached hydrogens (tertiary/aromatic N) is 1. The Bertz CT molecular complexity index is 238. The highest BCUT2D eigenvalue weighted by atomic mass is 16.2. The van der Waals surface area contributed by atoms with Gasteiger partial charge in [-0.25, -0.2) is 0 Å². The molecule has 0 bridgehead atoms. The van der Waals surface area contributed by atoms with Gasteiger partial charge < -0.3 is 4.90 Å². The summed E-state index contributed by atoms with van der Waals surface area (Å²) in [6.45, 7) is 6.72. The predicted molar refractivity (Wildman–Crippen MR) is 53.6 cm³/mol. The Hall–Kier alpha value is -0.900. The van der Waals surface area contributed by atoms with E-state index >= 15 is 0 Å². The van der Waals surface area contributed by atoms with E-state index in [1.165, 1.54) is 6.92 Å². The topological polar surface area (TPSA) is 49.4 Å². The molecule has 4 nitrogen and oxygen atoms in total. The first-order valence-corrected chi connectivity index (χ1v) is 5.08. The van der Waals surface area contributed by atoms with Crippen molar-refractivity contribution in [1.82, 2.24) is 10.2 Å². The highest BCUT2D eigenvalue weighted by molar-refractivity contribution is 5.89. The van der Waals surface area contributed by atoms with Gasteiger partial charge in [0, 0.05) is 19.4 Å². The average Bonchev–Trinajstić information content (AvgIpc) is 2.16. The van der Waals surface area contributed by atoms with Gasteiger partial charge in [-0.1, -0.05) is 13.8 Å². The van der Waals surface area contributed by atoms with Gasteiger partial charge in [-0.2, -0.15) is 0 Å². The molecule has 0 radical (unpaired) electrons. The molecule has 0 spiro atoms. The monoisotopic (exact) mass is 198 g/mol. The summed E-state index contributed by atoms with van der Waals surface area (Å²) in [6.07, 6.45) is 0.516. The zero-order valence-electron chi connectivity index (χ0n) is 9.04. The minimum Gasteiger partial charge on any atom is -0.320 e. The van der Waals surface area contributed by atoms with Crippen LogP contribution in [0.25, 0.3) is 0 Å². The van der Waals surface area contributed by atoms with E-state index in [-0.39, 0.29) is 17.6 Å². The molecule has 4 heteroatoms. The van der Waals surface area contributed by atoms with Crippen molar-refractivity contribution in [2.75, 3.05) is 13.1 Å². The summed E-state index contributed by atoms with van der Waals surface area (Å²) < 4.78 is 0. The number of hydrogen-bond donors (Lipinski definition) is 1. The Morgan fingerprint density at radius 2 is 2.07 bits per heavy atom. The van der Waals surface area contributed by atoms with E-state index in [0.717, 1.165) is 13.0 Å². The number of ketones is 1. The van der Waals surface area contributed by atoms with Crippen LogP contribution in [0.5, 0.6) is 0 Å².